The molecule has 2 heterocycles. The van der Waals surface area contributed by atoms with Crippen LogP contribution in [0.3, 0.4) is 0 Å². The highest BCUT2D eigenvalue weighted by atomic mass is 35.5. The van der Waals surface area contributed by atoms with Crippen LogP contribution in [0.5, 0.6) is 0 Å². The fourth-order valence-corrected chi connectivity index (χ4v) is 2.11. The molecule has 6 heteroatoms. The third kappa shape index (κ3) is 3.81. The van der Waals surface area contributed by atoms with Gasteiger partial charge in [0.15, 0.2) is 0 Å². The van der Waals surface area contributed by atoms with Gasteiger partial charge in [-0.15, -0.1) is 0 Å². The Morgan fingerprint density at radius 2 is 2.25 bits per heavy atom. The lowest BCUT2D eigenvalue weighted by atomic mass is 10.2. The van der Waals surface area contributed by atoms with Crippen LogP contribution < -0.4 is 5.32 Å². The fraction of sp³-hybridized carbons (Fsp3) is 0.357. The molecule has 0 unspecified atom stereocenters. The molecule has 0 aliphatic heterocycles. The van der Waals surface area contributed by atoms with Crippen LogP contribution in [0.2, 0.25) is 5.15 Å². The van der Waals surface area contributed by atoms with Crippen LogP contribution in [0.4, 0.5) is 0 Å². The Labute approximate surface area is 123 Å². The summed E-state index contributed by atoms with van der Waals surface area (Å²) in [5.41, 5.74) is 2.46. The fourth-order valence-electron chi connectivity index (χ4n) is 1.89. The number of carbonyl (C=O) groups is 1. The van der Waals surface area contributed by atoms with Crippen molar-refractivity contribution in [2.75, 3.05) is 6.54 Å². The van der Waals surface area contributed by atoms with Gasteiger partial charge in [-0.1, -0.05) is 18.5 Å². The minimum absolute atomic E-state index is 0.132. The summed E-state index contributed by atoms with van der Waals surface area (Å²) in [4.78, 5) is 16.2. The molecule has 0 aliphatic carbocycles. The highest BCUT2D eigenvalue weighted by Gasteiger charge is 2.08. The largest absolute Gasteiger partial charge is 0.352 e. The van der Waals surface area contributed by atoms with Crippen LogP contribution in [0.15, 0.2) is 24.5 Å². The minimum Gasteiger partial charge on any atom is -0.352 e. The number of aryl methyl sites for hydroxylation is 2. The van der Waals surface area contributed by atoms with Gasteiger partial charge in [0, 0.05) is 31.0 Å². The molecule has 5 nitrogen and oxygen atoms in total. The number of nitrogens with zero attached hydrogens (tertiary/aromatic N) is 3. The second-order valence-corrected chi connectivity index (χ2v) is 4.94. The number of amides is 1. The lowest BCUT2D eigenvalue weighted by molar-refractivity contribution is 0.0954. The highest BCUT2D eigenvalue weighted by molar-refractivity contribution is 6.29. The van der Waals surface area contributed by atoms with Gasteiger partial charge in [0.05, 0.1) is 6.20 Å². The summed E-state index contributed by atoms with van der Waals surface area (Å²) in [7, 11) is 1.87. The van der Waals surface area contributed by atoms with E-state index in [1.165, 1.54) is 0 Å². The highest BCUT2D eigenvalue weighted by Crippen LogP contribution is 2.11. The summed E-state index contributed by atoms with van der Waals surface area (Å²) in [5, 5.41) is 7.31. The lowest BCUT2D eigenvalue weighted by Gasteiger charge is -2.06. The Bertz CT molecular complexity index is 609. The molecule has 20 heavy (non-hydrogen) atoms. The molecule has 0 spiro atoms. The maximum atomic E-state index is 12.0. The Hall–Kier alpha value is -1.88. The average molecular weight is 293 g/mol. The summed E-state index contributed by atoms with van der Waals surface area (Å²) < 4.78 is 1.74. The second-order valence-electron chi connectivity index (χ2n) is 4.55. The van der Waals surface area contributed by atoms with E-state index in [1.807, 2.05) is 20.2 Å². The molecule has 106 valence electrons. The molecule has 0 radical (unpaired) electrons. The van der Waals surface area contributed by atoms with E-state index in [0.717, 1.165) is 24.1 Å². The van der Waals surface area contributed by atoms with E-state index in [0.29, 0.717) is 17.3 Å². The first kappa shape index (κ1) is 14.5. The third-order valence-corrected chi connectivity index (χ3v) is 3.12. The normalized spacial score (nSPS) is 10.6. The quantitative estimate of drug-likeness (QED) is 0.858. The Morgan fingerprint density at radius 3 is 2.90 bits per heavy atom. The lowest BCUT2D eigenvalue weighted by Crippen LogP contribution is -2.25. The molecule has 0 fully saturated rings. The van der Waals surface area contributed by atoms with Crippen LogP contribution in [0.25, 0.3) is 0 Å². The zero-order valence-corrected chi connectivity index (χ0v) is 12.3. The summed E-state index contributed by atoms with van der Waals surface area (Å²) in [6, 6.07) is 3.35. The van der Waals surface area contributed by atoms with E-state index in [-0.39, 0.29) is 5.91 Å². The number of aromatic nitrogens is 3. The van der Waals surface area contributed by atoms with Gasteiger partial charge < -0.3 is 5.32 Å². The molecule has 0 aromatic carbocycles. The molecule has 2 aromatic rings. The summed E-state index contributed by atoms with van der Waals surface area (Å²) in [5.74, 6) is -0.132. The predicted molar refractivity (Wildman–Crippen MR) is 77.9 cm³/mol. The first-order valence-electron chi connectivity index (χ1n) is 6.50. The van der Waals surface area contributed by atoms with Crippen molar-refractivity contribution in [1.82, 2.24) is 20.1 Å². The standard InChI is InChI=1S/C14H17ClN4O/c1-3-12-6-11(7-13(15)18-12)14(20)16-5-4-10-8-17-19(2)9-10/h6-9H,3-5H2,1-2H3,(H,16,20). The van der Waals surface area contributed by atoms with Crippen molar-refractivity contribution in [3.8, 4) is 0 Å². The zero-order valence-electron chi connectivity index (χ0n) is 11.6. The van der Waals surface area contributed by atoms with E-state index in [4.69, 9.17) is 11.6 Å². The molecule has 2 aromatic heterocycles. The van der Waals surface area contributed by atoms with Crippen LogP contribution in [0.1, 0.15) is 28.5 Å². The monoisotopic (exact) mass is 292 g/mol. The maximum absolute atomic E-state index is 12.0. The molecular formula is C14H17ClN4O. The van der Waals surface area contributed by atoms with Crippen LogP contribution in [-0.2, 0) is 19.9 Å². The zero-order chi connectivity index (χ0) is 14.5. The van der Waals surface area contributed by atoms with Gasteiger partial charge in [-0.2, -0.15) is 5.10 Å². The minimum atomic E-state index is -0.132. The van der Waals surface area contributed by atoms with Gasteiger partial charge >= 0.3 is 0 Å². The molecule has 0 saturated heterocycles. The summed E-state index contributed by atoms with van der Waals surface area (Å²) in [6.07, 6.45) is 5.23. The maximum Gasteiger partial charge on any atom is 0.251 e. The van der Waals surface area contributed by atoms with Gasteiger partial charge in [0.25, 0.3) is 5.91 Å². The Morgan fingerprint density at radius 1 is 1.45 bits per heavy atom. The van der Waals surface area contributed by atoms with E-state index in [2.05, 4.69) is 15.4 Å². The van der Waals surface area contributed by atoms with E-state index < -0.39 is 0 Å². The Balaban J connectivity index is 1.93. The SMILES string of the molecule is CCc1cc(C(=O)NCCc2cnn(C)c2)cc(Cl)n1. The topological polar surface area (TPSA) is 59.8 Å². The summed E-state index contributed by atoms with van der Waals surface area (Å²) >= 11 is 5.90. The van der Waals surface area contributed by atoms with Gasteiger partial charge in [-0.3, -0.25) is 9.48 Å². The van der Waals surface area contributed by atoms with Crippen molar-refractivity contribution in [2.24, 2.45) is 7.05 Å². The number of carbonyl (C=O) groups excluding carboxylic acids is 1. The molecule has 0 saturated carbocycles. The first-order valence-corrected chi connectivity index (χ1v) is 6.88. The van der Waals surface area contributed by atoms with Crippen LogP contribution >= 0.6 is 11.6 Å². The van der Waals surface area contributed by atoms with Crippen molar-refractivity contribution in [1.29, 1.82) is 0 Å². The van der Waals surface area contributed by atoms with Gasteiger partial charge in [-0.25, -0.2) is 4.98 Å². The number of hydrogen-bond acceptors (Lipinski definition) is 3. The van der Waals surface area contributed by atoms with Crippen molar-refractivity contribution in [2.45, 2.75) is 19.8 Å². The number of halogens is 1. The first-order chi connectivity index (χ1) is 9.58. The summed E-state index contributed by atoms with van der Waals surface area (Å²) in [6.45, 7) is 2.54. The second kappa shape index (κ2) is 6.52. The van der Waals surface area contributed by atoms with Crippen molar-refractivity contribution in [3.63, 3.8) is 0 Å². The molecule has 1 N–H and O–H groups in total. The predicted octanol–water partition coefficient (Wildman–Crippen LogP) is 2.00. The van der Waals surface area contributed by atoms with E-state index >= 15 is 0 Å². The number of rotatable bonds is 5. The van der Waals surface area contributed by atoms with Gasteiger partial charge in [0.1, 0.15) is 5.15 Å². The molecule has 2 rings (SSSR count). The smallest absolute Gasteiger partial charge is 0.251 e. The van der Waals surface area contributed by atoms with E-state index in [1.54, 1.807) is 23.0 Å². The molecule has 0 aliphatic rings. The molecule has 0 atom stereocenters. The molecular weight excluding hydrogens is 276 g/mol. The number of nitrogens with one attached hydrogen (secondary N) is 1. The molecule has 0 bridgehead atoms. The average Bonchev–Trinajstić information content (AvgIpc) is 2.83. The van der Waals surface area contributed by atoms with E-state index in [9.17, 15) is 4.79 Å². The Kier molecular flexibility index (Phi) is 4.74. The molecule has 1 amide bonds. The van der Waals surface area contributed by atoms with Gasteiger partial charge in [0.2, 0.25) is 0 Å². The van der Waals surface area contributed by atoms with Gasteiger partial charge in [-0.05, 0) is 30.5 Å². The van der Waals surface area contributed by atoms with Crippen LogP contribution in [-0.4, -0.2) is 27.2 Å². The van der Waals surface area contributed by atoms with Crippen molar-refractivity contribution >= 4 is 17.5 Å². The number of hydrogen-bond donors (Lipinski definition) is 1. The number of pyridine rings is 1. The van der Waals surface area contributed by atoms with Crippen molar-refractivity contribution in [3.05, 3.63) is 46.5 Å². The third-order valence-electron chi connectivity index (χ3n) is 2.93. The van der Waals surface area contributed by atoms with Crippen LogP contribution in [0, 0.1) is 0 Å². The van der Waals surface area contributed by atoms with Crippen molar-refractivity contribution < 1.29 is 4.79 Å².